The van der Waals surface area contributed by atoms with Crippen LogP contribution in [0.5, 0.6) is 0 Å². The number of benzene rings is 1. The van der Waals surface area contributed by atoms with Crippen molar-refractivity contribution in [3.05, 3.63) is 35.9 Å². The average Bonchev–Trinajstić information content (AvgIpc) is 2.18. The first-order valence-electron chi connectivity index (χ1n) is 5.29. The van der Waals surface area contributed by atoms with Gasteiger partial charge in [0.15, 0.2) is 0 Å². The van der Waals surface area contributed by atoms with Gasteiger partial charge in [0.1, 0.15) is 0 Å². The van der Waals surface area contributed by atoms with Gasteiger partial charge in [0.2, 0.25) is 0 Å². The Balaban J connectivity index is 2.05. The van der Waals surface area contributed by atoms with Crippen molar-refractivity contribution in [2.24, 2.45) is 5.73 Å². The smallest absolute Gasteiger partial charge is 0.0205 e. The van der Waals surface area contributed by atoms with E-state index in [1.807, 2.05) is 6.07 Å². The molecule has 0 aromatic heterocycles. The molecule has 0 spiro atoms. The quantitative estimate of drug-likeness (QED) is 0.676. The SMILES string of the molecule is CC(N)CCCNCc1ccccc1. The van der Waals surface area contributed by atoms with Crippen LogP contribution >= 0.6 is 0 Å². The van der Waals surface area contributed by atoms with Crippen molar-refractivity contribution >= 4 is 0 Å². The molecule has 78 valence electrons. The predicted octanol–water partition coefficient (Wildman–Crippen LogP) is 1.90. The minimum Gasteiger partial charge on any atom is -0.328 e. The molecule has 0 radical (unpaired) electrons. The minimum absolute atomic E-state index is 0.327. The van der Waals surface area contributed by atoms with E-state index in [1.165, 1.54) is 5.56 Å². The Bertz CT molecular complexity index is 231. The summed E-state index contributed by atoms with van der Waals surface area (Å²) in [6.45, 7) is 4.06. The third kappa shape index (κ3) is 5.00. The Labute approximate surface area is 86.5 Å². The summed E-state index contributed by atoms with van der Waals surface area (Å²) < 4.78 is 0. The molecule has 1 aromatic rings. The highest BCUT2D eigenvalue weighted by Crippen LogP contribution is 1.97. The van der Waals surface area contributed by atoms with Crippen LogP contribution in [-0.2, 0) is 6.54 Å². The van der Waals surface area contributed by atoms with Gasteiger partial charge in [-0.3, -0.25) is 0 Å². The molecule has 1 rings (SSSR count). The van der Waals surface area contributed by atoms with Crippen LogP contribution in [0.3, 0.4) is 0 Å². The van der Waals surface area contributed by atoms with E-state index >= 15 is 0 Å². The molecule has 3 N–H and O–H groups in total. The highest BCUT2D eigenvalue weighted by molar-refractivity contribution is 5.14. The number of hydrogen-bond donors (Lipinski definition) is 2. The van der Waals surface area contributed by atoms with Crippen LogP contribution in [0.15, 0.2) is 30.3 Å². The van der Waals surface area contributed by atoms with Crippen molar-refractivity contribution in [2.75, 3.05) is 6.54 Å². The lowest BCUT2D eigenvalue weighted by Gasteiger charge is -2.06. The van der Waals surface area contributed by atoms with E-state index in [2.05, 4.69) is 36.5 Å². The molecule has 14 heavy (non-hydrogen) atoms. The molecule has 1 unspecified atom stereocenters. The van der Waals surface area contributed by atoms with E-state index in [9.17, 15) is 0 Å². The van der Waals surface area contributed by atoms with Gasteiger partial charge in [0, 0.05) is 12.6 Å². The lowest BCUT2D eigenvalue weighted by molar-refractivity contribution is 0.574. The second-order valence-electron chi connectivity index (χ2n) is 3.78. The van der Waals surface area contributed by atoms with Gasteiger partial charge >= 0.3 is 0 Å². The van der Waals surface area contributed by atoms with E-state index in [4.69, 9.17) is 5.73 Å². The molecule has 2 heteroatoms. The number of hydrogen-bond acceptors (Lipinski definition) is 2. The Morgan fingerprint density at radius 3 is 2.64 bits per heavy atom. The van der Waals surface area contributed by atoms with Gasteiger partial charge in [-0.2, -0.15) is 0 Å². The summed E-state index contributed by atoms with van der Waals surface area (Å²) in [6, 6.07) is 10.8. The fourth-order valence-corrected chi connectivity index (χ4v) is 1.38. The number of rotatable bonds is 6. The maximum absolute atomic E-state index is 5.66. The molecule has 0 saturated carbocycles. The molecule has 0 aliphatic carbocycles. The first-order chi connectivity index (χ1) is 6.79. The molecule has 0 aliphatic rings. The lowest BCUT2D eigenvalue weighted by atomic mass is 10.2. The molecule has 1 atom stereocenters. The molecule has 1 aromatic carbocycles. The Morgan fingerprint density at radius 1 is 1.29 bits per heavy atom. The maximum atomic E-state index is 5.66. The van der Waals surface area contributed by atoms with Crippen molar-refractivity contribution < 1.29 is 0 Å². The first-order valence-corrected chi connectivity index (χ1v) is 5.29. The molecule has 0 bridgehead atoms. The van der Waals surface area contributed by atoms with Crippen molar-refractivity contribution in [1.29, 1.82) is 0 Å². The summed E-state index contributed by atoms with van der Waals surface area (Å²) in [4.78, 5) is 0. The molecule has 0 saturated heterocycles. The Kier molecular flexibility index (Phi) is 5.27. The van der Waals surface area contributed by atoms with Gasteiger partial charge in [-0.05, 0) is 31.9 Å². The summed E-state index contributed by atoms with van der Waals surface area (Å²) in [7, 11) is 0. The summed E-state index contributed by atoms with van der Waals surface area (Å²) in [5, 5.41) is 3.40. The molecule has 0 aliphatic heterocycles. The highest BCUT2D eigenvalue weighted by atomic mass is 14.8. The average molecular weight is 192 g/mol. The Hall–Kier alpha value is -0.860. The second-order valence-corrected chi connectivity index (χ2v) is 3.78. The number of nitrogens with two attached hydrogens (primary N) is 1. The topological polar surface area (TPSA) is 38.0 Å². The first kappa shape index (κ1) is 11.2. The summed E-state index contributed by atoms with van der Waals surface area (Å²) in [6.07, 6.45) is 2.26. The largest absolute Gasteiger partial charge is 0.328 e. The van der Waals surface area contributed by atoms with Gasteiger partial charge in [-0.25, -0.2) is 0 Å². The van der Waals surface area contributed by atoms with Gasteiger partial charge in [0.25, 0.3) is 0 Å². The minimum atomic E-state index is 0.327. The predicted molar refractivity (Wildman–Crippen MR) is 61.0 cm³/mol. The van der Waals surface area contributed by atoms with E-state index in [1.54, 1.807) is 0 Å². The zero-order valence-electron chi connectivity index (χ0n) is 8.87. The monoisotopic (exact) mass is 192 g/mol. The summed E-state index contributed by atoms with van der Waals surface area (Å²) >= 11 is 0. The van der Waals surface area contributed by atoms with Crippen LogP contribution in [-0.4, -0.2) is 12.6 Å². The van der Waals surface area contributed by atoms with Crippen LogP contribution in [0.1, 0.15) is 25.3 Å². The second kappa shape index (κ2) is 6.57. The van der Waals surface area contributed by atoms with Crippen LogP contribution < -0.4 is 11.1 Å². The van der Waals surface area contributed by atoms with Crippen LogP contribution in [0.25, 0.3) is 0 Å². The fraction of sp³-hybridized carbons (Fsp3) is 0.500. The maximum Gasteiger partial charge on any atom is 0.0205 e. The fourth-order valence-electron chi connectivity index (χ4n) is 1.38. The van der Waals surface area contributed by atoms with Crippen LogP contribution in [0, 0.1) is 0 Å². The molecular weight excluding hydrogens is 172 g/mol. The van der Waals surface area contributed by atoms with Crippen molar-refractivity contribution in [3.8, 4) is 0 Å². The molecule has 0 heterocycles. The zero-order chi connectivity index (χ0) is 10.2. The highest BCUT2D eigenvalue weighted by Gasteiger charge is 1.94. The van der Waals surface area contributed by atoms with Crippen molar-refractivity contribution in [1.82, 2.24) is 5.32 Å². The standard InChI is InChI=1S/C12H20N2/c1-11(13)6-5-9-14-10-12-7-3-2-4-8-12/h2-4,7-8,11,14H,5-6,9-10,13H2,1H3. The molecule has 0 amide bonds. The van der Waals surface area contributed by atoms with Crippen molar-refractivity contribution in [3.63, 3.8) is 0 Å². The third-order valence-electron chi connectivity index (χ3n) is 2.18. The lowest BCUT2D eigenvalue weighted by Crippen LogP contribution is -2.19. The number of nitrogens with one attached hydrogen (secondary N) is 1. The summed E-state index contributed by atoms with van der Waals surface area (Å²) in [5.74, 6) is 0. The molecule has 2 nitrogen and oxygen atoms in total. The Morgan fingerprint density at radius 2 is 2.00 bits per heavy atom. The van der Waals surface area contributed by atoms with Crippen LogP contribution in [0.2, 0.25) is 0 Å². The van der Waals surface area contributed by atoms with Gasteiger partial charge in [-0.1, -0.05) is 30.3 Å². The zero-order valence-corrected chi connectivity index (χ0v) is 8.87. The van der Waals surface area contributed by atoms with Crippen molar-refractivity contribution in [2.45, 2.75) is 32.4 Å². The van der Waals surface area contributed by atoms with Crippen LogP contribution in [0.4, 0.5) is 0 Å². The van der Waals surface area contributed by atoms with Gasteiger partial charge in [0.05, 0.1) is 0 Å². The summed E-state index contributed by atoms with van der Waals surface area (Å²) in [5.41, 5.74) is 7.00. The normalized spacial score (nSPS) is 12.7. The van der Waals surface area contributed by atoms with Gasteiger partial charge in [-0.15, -0.1) is 0 Å². The van der Waals surface area contributed by atoms with E-state index < -0.39 is 0 Å². The van der Waals surface area contributed by atoms with Gasteiger partial charge < -0.3 is 11.1 Å². The third-order valence-corrected chi connectivity index (χ3v) is 2.18. The molecular formula is C12H20N2. The van der Waals surface area contributed by atoms with E-state index in [0.717, 1.165) is 25.9 Å². The molecule has 0 fully saturated rings. The van der Waals surface area contributed by atoms with E-state index in [0.29, 0.717) is 6.04 Å². The van der Waals surface area contributed by atoms with E-state index in [-0.39, 0.29) is 0 Å².